The van der Waals surface area contributed by atoms with Gasteiger partial charge in [-0.1, -0.05) is 30.3 Å². The van der Waals surface area contributed by atoms with Gasteiger partial charge >= 0.3 is 0 Å². The van der Waals surface area contributed by atoms with Crippen molar-refractivity contribution in [1.82, 2.24) is 19.7 Å². The molecule has 0 amide bonds. The van der Waals surface area contributed by atoms with Gasteiger partial charge in [0, 0.05) is 31.0 Å². The number of ether oxygens (including phenoxy) is 1. The molecule has 1 atom stereocenters. The molecule has 124 valence electrons. The fourth-order valence-electron chi connectivity index (χ4n) is 2.96. The first-order valence-corrected chi connectivity index (χ1v) is 8.18. The minimum Gasteiger partial charge on any atom is -0.439 e. The van der Waals surface area contributed by atoms with Crippen LogP contribution in [0.3, 0.4) is 0 Å². The van der Waals surface area contributed by atoms with Crippen LogP contribution in [0.25, 0.3) is 11.3 Å². The number of benzene rings is 1. The van der Waals surface area contributed by atoms with Gasteiger partial charge < -0.3 is 9.15 Å². The van der Waals surface area contributed by atoms with Crippen LogP contribution in [0.5, 0.6) is 0 Å². The Balaban J connectivity index is 1.37. The van der Waals surface area contributed by atoms with Crippen molar-refractivity contribution in [2.75, 3.05) is 19.7 Å². The number of morpholine rings is 1. The molecule has 0 saturated carbocycles. The van der Waals surface area contributed by atoms with Crippen LogP contribution in [0.1, 0.15) is 5.89 Å². The van der Waals surface area contributed by atoms with Gasteiger partial charge in [-0.2, -0.15) is 5.10 Å². The van der Waals surface area contributed by atoms with E-state index >= 15 is 0 Å². The minimum absolute atomic E-state index is 0.141. The van der Waals surface area contributed by atoms with Crippen molar-refractivity contribution in [3.8, 4) is 11.3 Å². The lowest BCUT2D eigenvalue weighted by Gasteiger charge is -2.31. The van der Waals surface area contributed by atoms with Crippen LogP contribution in [-0.2, 0) is 17.8 Å². The number of nitrogens with zero attached hydrogens (tertiary/aromatic N) is 4. The Morgan fingerprint density at radius 1 is 1.17 bits per heavy atom. The van der Waals surface area contributed by atoms with Crippen LogP contribution in [-0.4, -0.2) is 45.5 Å². The molecule has 3 heterocycles. The van der Waals surface area contributed by atoms with E-state index in [-0.39, 0.29) is 6.10 Å². The van der Waals surface area contributed by atoms with E-state index in [1.54, 1.807) is 12.4 Å². The first-order valence-electron chi connectivity index (χ1n) is 8.18. The molecular weight excluding hydrogens is 304 g/mol. The van der Waals surface area contributed by atoms with Gasteiger partial charge in [-0.3, -0.25) is 9.58 Å². The number of aromatic nitrogens is 3. The first kappa shape index (κ1) is 15.1. The molecule has 1 aliphatic heterocycles. The average Bonchev–Trinajstić information content (AvgIpc) is 3.28. The van der Waals surface area contributed by atoms with Gasteiger partial charge in [0.05, 0.1) is 32.0 Å². The van der Waals surface area contributed by atoms with Crippen LogP contribution >= 0.6 is 0 Å². The molecule has 6 heteroatoms. The molecule has 4 rings (SSSR count). The van der Waals surface area contributed by atoms with Crippen molar-refractivity contribution < 1.29 is 9.15 Å². The summed E-state index contributed by atoms with van der Waals surface area (Å²) in [4.78, 5) is 6.74. The Bertz CT molecular complexity index is 754. The van der Waals surface area contributed by atoms with Crippen molar-refractivity contribution in [2.24, 2.45) is 0 Å². The smallest absolute Gasteiger partial charge is 0.209 e. The Morgan fingerprint density at radius 3 is 2.92 bits per heavy atom. The van der Waals surface area contributed by atoms with Crippen LogP contribution < -0.4 is 0 Å². The van der Waals surface area contributed by atoms with Crippen molar-refractivity contribution >= 4 is 0 Å². The molecular formula is C18H20N4O2. The van der Waals surface area contributed by atoms with Crippen molar-refractivity contribution in [3.63, 3.8) is 0 Å². The highest BCUT2D eigenvalue weighted by atomic mass is 16.5. The van der Waals surface area contributed by atoms with E-state index in [1.165, 1.54) is 0 Å². The number of hydrogen-bond donors (Lipinski definition) is 0. The molecule has 2 aromatic heterocycles. The Morgan fingerprint density at radius 2 is 2.08 bits per heavy atom. The number of oxazole rings is 1. The first-order chi connectivity index (χ1) is 11.9. The predicted molar refractivity (Wildman–Crippen MR) is 89.2 cm³/mol. The van der Waals surface area contributed by atoms with E-state index < -0.39 is 0 Å². The molecule has 1 saturated heterocycles. The zero-order chi connectivity index (χ0) is 16.2. The second kappa shape index (κ2) is 6.98. The van der Waals surface area contributed by atoms with Gasteiger partial charge in [0.1, 0.15) is 0 Å². The van der Waals surface area contributed by atoms with Gasteiger partial charge in [0.2, 0.25) is 5.89 Å². The summed E-state index contributed by atoms with van der Waals surface area (Å²) < 4.78 is 13.7. The van der Waals surface area contributed by atoms with E-state index in [2.05, 4.69) is 15.0 Å². The Kier molecular flexibility index (Phi) is 4.40. The van der Waals surface area contributed by atoms with Crippen molar-refractivity contribution in [1.29, 1.82) is 0 Å². The molecule has 24 heavy (non-hydrogen) atoms. The van der Waals surface area contributed by atoms with Crippen LogP contribution in [0.15, 0.2) is 59.4 Å². The lowest BCUT2D eigenvalue weighted by Crippen LogP contribution is -2.43. The zero-order valence-electron chi connectivity index (χ0n) is 13.4. The SMILES string of the molecule is c1ccc(-c2cnc(CN3CCO[C@H](Cn4cccn4)C3)o2)cc1. The van der Waals surface area contributed by atoms with Gasteiger partial charge in [-0.15, -0.1) is 0 Å². The second-order valence-electron chi connectivity index (χ2n) is 5.94. The van der Waals surface area contributed by atoms with Gasteiger partial charge in [0.25, 0.3) is 0 Å². The van der Waals surface area contributed by atoms with Gasteiger partial charge in [-0.25, -0.2) is 4.98 Å². The fourth-order valence-corrected chi connectivity index (χ4v) is 2.96. The molecule has 6 nitrogen and oxygen atoms in total. The monoisotopic (exact) mass is 324 g/mol. The summed E-state index contributed by atoms with van der Waals surface area (Å²) in [6.45, 7) is 3.93. The number of rotatable bonds is 5. The summed E-state index contributed by atoms with van der Waals surface area (Å²) in [6.07, 6.45) is 5.69. The highest BCUT2D eigenvalue weighted by Crippen LogP contribution is 2.21. The highest BCUT2D eigenvalue weighted by molar-refractivity contribution is 5.55. The predicted octanol–water partition coefficient (Wildman–Crippen LogP) is 2.44. The molecule has 0 aliphatic carbocycles. The molecule has 0 N–H and O–H groups in total. The summed E-state index contributed by atoms with van der Waals surface area (Å²) in [7, 11) is 0. The van der Waals surface area contributed by atoms with Crippen LogP contribution in [0.4, 0.5) is 0 Å². The van der Waals surface area contributed by atoms with Crippen LogP contribution in [0.2, 0.25) is 0 Å². The lowest BCUT2D eigenvalue weighted by molar-refractivity contribution is -0.0422. The third kappa shape index (κ3) is 3.55. The Hall–Kier alpha value is -2.44. The van der Waals surface area contributed by atoms with Gasteiger partial charge in [-0.05, 0) is 6.07 Å². The molecule has 0 spiro atoms. The summed E-state index contributed by atoms with van der Waals surface area (Å²) in [5, 5.41) is 4.24. The van der Waals surface area contributed by atoms with Gasteiger partial charge in [0.15, 0.2) is 5.76 Å². The third-order valence-electron chi connectivity index (χ3n) is 4.14. The molecule has 1 aliphatic rings. The maximum atomic E-state index is 5.90. The van der Waals surface area contributed by atoms with E-state index in [1.807, 2.05) is 47.3 Å². The van der Waals surface area contributed by atoms with E-state index in [0.29, 0.717) is 6.54 Å². The zero-order valence-corrected chi connectivity index (χ0v) is 13.4. The normalized spacial score (nSPS) is 18.8. The second-order valence-corrected chi connectivity index (χ2v) is 5.94. The van der Waals surface area contributed by atoms with Crippen molar-refractivity contribution in [2.45, 2.75) is 19.2 Å². The fraction of sp³-hybridized carbons (Fsp3) is 0.333. The minimum atomic E-state index is 0.141. The number of hydrogen-bond acceptors (Lipinski definition) is 5. The third-order valence-corrected chi connectivity index (χ3v) is 4.14. The summed E-state index contributed by atoms with van der Waals surface area (Å²) in [6, 6.07) is 12.0. The molecule has 0 radical (unpaired) electrons. The molecule has 0 bridgehead atoms. The maximum absolute atomic E-state index is 5.90. The lowest BCUT2D eigenvalue weighted by atomic mass is 10.2. The summed E-state index contributed by atoms with van der Waals surface area (Å²) >= 11 is 0. The summed E-state index contributed by atoms with van der Waals surface area (Å²) in [5.74, 6) is 1.56. The van der Waals surface area contributed by atoms with E-state index in [9.17, 15) is 0 Å². The quantitative estimate of drug-likeness (QED) is 0.721. The Labute approximate surface area is 140 Å². The average molecular weight is 324 g/mol. The largest absolute Gasteiger partial charge is 0.439 e. The molecule has 0 unspecified atom stereocenters. The van der Waals surface area contributed by atoms with Crippen LogP contribution in [0, 0.1) is 0 Å². The standard InChI is InChI=1S/C18H20N4O2/c1-2-5-15(6-3-1)17-11-19-18(24-17)14-21-9-10-23-16(12-21)13-22-8-4-7-20-22/h1-8,11,16H,9-10,12-14H2/t16-/m0/s1. The van der Waals surface area contributed by atoms with Crippen molar-refractivity contribution in [3.05, 3.63) is 60.9 Å². The van der Waals surface area contributed by atoms with E-state index in [4.69, 9.17) is 9.15 Å². The molecule has 1 fully saturated rings. The maximum Gasteiger partial charge on any atom is 0.209 e. The highest BCUT2D eigenvalue weighted by Gasteiger charge is 2.22. The summed E-state index contributed by atoms with van der Waals surface area (Å²) in [5.41, 5.74) is 1.05. The topological polar surface area (TPSA) is 56.3 Å². The van der Waals surface area contributed by atoms with E-state index in [0.717, 1.165) is 43.5 Å². The molecule has 1 aromatic carbocycles. The molecule has 3 aromatic rings.